The lowest BCUT2D eigenvalue weighted by molar-refractivity contribution is -0.137. The second kappa shape index (κ2) is 11.6. The van der Waals surface area contributed by atoms with Crippen molar-refractivity contribution in [3.63, 3.8) is 0 Å². The maximum Gasteiger partial charge on any atom is 0.172 e. The first-order valence-corrected chi connectivity index (χ1v) is 15.0. The van der Waals surface area contributed by atoms with Gasteiger partial charge in [0.05, 0.1) is 12.0 Å². The van der Waals surface area contributed by atoms with Gasteiger partial charge in [-0.2, -0.15) is 0 Å². The van der Waals surface area contributed by atoms with Crippen molar-refractivity contribution < 1.29 is 20.0 Å². The Morgan fingerprint density at radius 3 is 2.21 bits per heavy atom. The molecule has 43 heavy (non-hydrogen) atoms. The molecule has 4 nitrogen and oxygen atoms in total. The minimum Gasteiger partial charge on any atom is -0.491 e. The van der Waals surface area contributed by atoms with Crippen molar-refractivity contribution in [1.82, 2.24) is 0 Å². The third kappa shape index (κ3) is 4.55. The highest BCUT2D eigenvalue weighted by Gasteiger charge is 2.47. The van der Waals surface area contributed by atoms with Crippen LogP contribution in [0.3, 0.4) is 0 Å². The van der Waals surface area contributed by atoms with E-state index in [0.717, 1.165) is 64.8 Å². The number of hydrogen-bond donors (Lipinski definition) is 2. The molecule has 1 atom stereocenters. The Labute approximate surface area is 252 Å². The van der Waals surface area contributed by atoms with Crippen LogP contribution in [-0.2, 0) is 5.41 Å². The monoisotopic (exact) mass is 566 g/mol. The van der Waals surface area contributed by atoms with Gasteiger partial charge in [0.2, 0.25) is 0 Å². The zero-order valence-corrected chi connectivity index (χ0v) is 24.0. The van der Waals surface area contributed by atoms with E-state index in [1.807, 2.05) is 36.4 Å². The second-order valence-corrected chi connectivity index (χ2v) is 11.2. The number of ether oxygens (including phenoxy) is 1. The molecule has 3 aliphatic rings. The van der Waals surface area contributed by atoms with Crippen LogP contribution in [0.5, 0.6) is 11.5 Å². The van der Waals surface area contributed by atoms with Crippen LogP contribution >= 0.6 is 0 Å². The predicted octanol–water partition coefficient (Wildman–Crippen LogP) is 8.76. The molecule has 0 fully saturated rings. The summed E-state index contributed by atoms with van der Waals surface area (Å²) >= 11 is 0. The Morgan fingerprint density at radius 1 is 0.698 bits per heavy atom. The van der Waals surface area contributed by atoms with Gasteiger partial charge in [-0.15, -0.1) is 0 Å². The van der Waals surface area contributed by atoms with E-state index in [4.69, 9.17) is 9.62 Å². The third-order valence-electron chi connectivity index (χ3n) is 8.91. The Balaban J connectivity index is 1.54. The average Bonchev–Trinajstić information content (AvgIpc) is 3.39. The van der Waals surface area contributed by atoms with Gasteiger partial charge in [0.15, 0.2) is 5.75 Å². The summed E-state index contributed by atoms with van der Waals surface area (Å²) in [4.78, 5) is 4.91. The van der Waals surface area contributed by atoms with Gasteiger partial charge in [-0.05, 0) is 94.5 Å². The molecule has 0 spiro atoms. The van der Waals surface area contributed by atoms with E-state index in [9.17, 15) is 10.4 Å². The molecular formula is C39H34O4. The molecule has 0 aliphatic heterocycles. The van der Waals surface area contributed by atoms with Crippen LogP contribution in [-0.4, -0.2) is 23.6 Å². The topological polar surface area (TPSA) is 58.9 Å². The second-order valence-electron chi connectivity index (χ2n) is 11.2. The zero-order chi connectivity index (χ0) is 29.2. The number of aliphatic hydroxyl groups is 1. The number of fused-ring (bicyclic) bond motifs is 2. The largest absolute Gasteiger partial charge is 0.491 e. The summed E-state index contributed by atoms with van der Waals surface area (Å²) in [5.74, 6) is 1.18. The maximum atomic E-state index is 9.88. The van der Waals surface area contributed by atoms with Crippen molar-refractivity contribution in [2.75, 3.05) is 13.2 Å². The minimum absolute atomic E-state index is 0.0441. The van der Waals surface area contributed by atoms with Crippen LogP contribution in [0, 0.1) is 0 Å². The van der Waals surface area contributed by atoms with Crippen LogP contribution in [0.4, 0.5) is 0 Å². The van der Waals surface area contributed by atoms with E-state index in [0.29, 0.717) is 5.75 Å². The first-order chi connectivity index (χ1) is 21.3. The molecule has 0 radical (unpaired) electrons. The first kappa shape index (κ1) is 27.2. The highest BCUT2D eigenvalue weighted by Crippen LogP contribution is 2.58. The van der Waals surface area contributed by atoms with Crippen molar-refractivity contribution in [1.29, 1.82) is 0 Å². The fourth-order valence-corrected chi connectivity index (χ4v) is 7.11. The van der Waals surface area contributed by atoms with E-state index in [-0.39, 0.29) is 13.2 Å². The number of allylic oxidation sites excluding steroid dienone is 8. The highest BCUT2D eigenvalue weighted by atomic mass is 17.1. The third-order valence-corrected chi connectivity index (χ3v) is 8.91. The van der Waals surface area contributed by atoms with Gasteiger partial charge in [0.25, 0.3) is 0 Å². The molecule has 0 saturated heterocycles. The van der Waals surface area contributed by atoms with E-state index >= 15 is 0 Å². The molecule has 4 aromatic carbocycles. The normalized spacial score (nSPS) is 18.7. The Bertz CT molecular complexity index is 1790. The summed E-state index contributed by atoms with van der Waals surface area (Å²) in [6.07, 6.45) is 15.1. The SMILES string of the molecule is OCCOc1ccc(C2(c3ccc(OO)c(-c4ccccc4)c3)C3=C(C=CCC3)c3ccccc32)cc1C1=CCCC=C1. The molecule has 7 rings (SSSR count). The lowest BCUT2D eigenvalue weighted by Gasteiger charge is -2.37. The number of aliphatic hydroxyl groups excluding tert-OH is 1. The van der Waals surface area contributed by atoms with Crippen LogP contribution in [0.1, 0.15) is 53.5 Å². The smallest absolute Gasteiger partial charge is 0.172 e. The van der Waals surface area contributed by atoms with Gasteiger partial charge in [0.1, 0.15) is 12.4 Å². The predicted molar refractivity (Wildman–Crippen MR) is 172 cm³/mol. The first-order valence-electron chi connectivity index (χ1n) is 15.0. The van der Waals surface area contributed by atoms with Crippen molar-refractivity contribution in [3.05, 3.63) is 155 Å². The fraction of sp³-hybridized carbons (Fsp3) is 0.179. The lowest BCUT2D eigenvalue weighted by Crippen LogP contribution is -2.30. The van der Waals surface area contributed by atoms with Crippen molar-refractivity contribution in [2.45, 2.75) is 31.1 Å². The van der Waals surface area contributed by atoms with Crippen molar-refractivity contribution >= 4 is 11.1 Å². The van der Waals surface area contributed by atoms with Crippen LogP contribution in [0.2, 0.25) is 0 Å². The van der Waals surface area contributed by atoms with E-state index in [2.05, 4.69) is 85.0 Å². The van der Waals surface area contributed by atoms with Gasteiger partial charge in [0, 0.05) is 11.1 Å². The van der Waals surface area contributed by atoms with Gasteiger partial charge >= 0.3 is 0 Å². The molecule has 0 heterocycles. The Hall–Kier alpha value is -4.64. The number of rotatable bonds is 8. The maximum absolute atomic E-state index is 9.88. The van der Waals surface area contributed by atoms with Crippen molar-refractivity contribution in [3.8, 4) is 22.6 Å². The quantitative estimate of drug-likeness (QED) is 0.165. The van der Waals surface area contributed by atoms with E-state index in [1.54, 1.807) is 0 Å². The fourth-order valence-electron chi connectivity index (χ4n) is 7.11. The van der Waals surface area contributed by atoms with Crippen LogP contribution in [0.25, 0.3) is 22.3 Å². The number of hydrogen-bond acceptors (Lipinski definition) is 4. The van der Waals surface area contributed by atoms with Crippen LogP contribution in [0.15, 0.2) is 127 Å². The molecular weight excluding hydrogens is 532 g/mol. The molecule has 1 unspecified atom stereocenters. The van der Waals surface area contributed by atoms with E-state index < -0.39 is 5.41 Å². The zero-order valence-electron chi connectivity index (χ0n) is 24.0. The molecule has 2 N–H and O–H groups in total. The lowest BCUT2D eigenvalue weighted by atomic mass is 9.65. The van der Waals surface area contributed by atoms with Crippen LogP contribution < -0.4 is 9.62 Å². The van der Waals surface area contributed by atoms with Gasteiger partial charge in [-0.25, -0.2) is 5.26 Å². The Kier molecular flexibility index (Phi) is 7.32. The summed E-state index contributed by atoms with van der Waals surface area (Å²) in [5, 5.41) is 19.4. The molecule has 214 valence electrons. The molecule has 4 aromatic rings. The van der Waals surface area contributed by atoms with Crippen molar-refractivity contribution in [2.24, 2.45) is 0 Å². The molecule has 0 bridgehead atoms. The molecule has 3 aliphatic carbocycles. The summed E-state index contributed by atoms with van der Waals surface area (Å²) in [6, 6.07) is 31.5. The summed E-state index contributed by atoms with van der Waals surface area (Å²) in [5.41, 5.74) is 10.8. The van der Waals surface area contributed by atoms with E-state index in [1.165, 1.54) is 22.3 Å². The van der Waals surface area contributed by atoms with Gasteiger partial charge in [-0.1, -0.05) is 97.1 Å². The standard InChI is InChI=1S/C39H34O4/c40-23-24-42-37-21-19-29(25-33(37)27-11-3-1-4-12-27)39(35-17-9-7-15-31(35)32-16-8-10-18-36(32)39)30-20-22-38(43-41)34(26-30)28-13-5-2-6-14-28/h2-3,5-9,11-17,19-22,25-26,40-41H,1,4,10,18,23-24H2. The van der Waals surface area contributed by atoms with Gasteiger partial charge in [-0.3, -0.25) is 0 Å². The molecule has 0 aromatic heterocycles. The summed E-state index contributed by atoms with van der Waals surface area (Å²) in [6.45, 7) is 0.192. The molecule has 4 heteroatoms. The Morgan fingerprint density at radius 2 is 1.44 bits per heavy atom. The summed E-state index contributed by atoms with van der Waals surface area (Å²) < 4.78 is 6.09. The average molecular weight is 567 g/mol. The highest BCUT2D eigenvalue weighted by molar-refractivity contribution is 5.92. The molecule has 0 amide bonds. The summed E-state index contributed by atoms with van der Waals surface area (Å²) in [7, 11) is 0. The minimum atomic E-state index is -0.572. The number of benzene rings is 4. The molecule has 0 saturated carbocycles. The van der Waals surface area contributed by atoms with Gasteiger partial charge < -0.3 is 14.7 Å².